The molecule has 0 aromatic carbocycles. The van der Waals surface area contributed by atoms with E-state index in [2.05, 4.69) is 14.8 Å². The van der Waals surface area contributed by atoms with Crippen molar-refractivity contribution in [1.82, 2.24) is 9.88 Å². The first-order chi connectivity index (χ1) is 11.1. The van der Waals surface area contributed by atoms with Gasteiger partial charge in [0.05, 0.1) is 43.1 Å². The van der Waals surface area contributed by atoms with E-state index in [9.17, 15) is 8.42 Å². The Hall–Kier alpha value is -1.38. The zero-order chi connectivity index (χ0) is 16.3. The second kappa shape index (κ2) is 7.02. The molecule has 2 aliphatic rings. The Morgan fingerprint density at radius 1 is 1.17 bits per heavy atom. The maximum Gasteiger partial charge on any atom is 0.235 e. The number of hydrogen-bond donors (Lipinski definition) is 0. The first kappa shape index (κ1) is 16.5. The van der Waals surface area contributed by atoms with Gasteiger partial charge in [-0.15, -0.1) is 0 Å². The highest BCUT2D eigenvalue weighted by molar-refractivity contribution is 7.92. The van der Waals surface area contributed by atoms with Gasteiger partial charge >= 0.3 is 0 Å². The number of morpholine rings is 1. The molecule has 0 unspecified atom stereocenters. The smallest absolute Gasteiger partial charge is 0.235 e. The van der Waals surface area contributed by atoms with Gasteiger partial charge in [-0.2, -0.15) is 0 Å². The van der Waals surface area contributed by atoms with Gasteiger partial charge in [-0.3, -0.25) is 14.2 Å². The molecule has 23 heavy (non-hydrogen) atoms. The molecule has 1 aromatic rings. The molecule has 1 fully saturated rings. The van der Waals surface area contributed by atoms with Gasteiger partial charge in [-0.05, 0) is 19.0 Å². The molecule has 7 nitrogen and oxygen atoms in total. The zero-order valence-electron chi connectivity index (χ0n) is 13.5. The molecule has 0 aliphatic carbocycles. The number of pyridine rings is 1. The fraction of sp³-hybridized carbons (Fsp3) is 0.667. The van der Waals surface area contributed by atoms with Crippen molar-refractivity contribution in [2.75, 3.05) is 67.9 Å². The number of likely N-dealkylation sites (N-methyl/N-ethyl adjacent to an activating group) is 1. The lowest BCUT2D eigenvalue weighted by atomic mass is 10.2. The van der Waals surface area contributed by atoms with E-state index in [1.54, 1.807) is 12.4 Å². The van der Waals surface area contributed by atoms with Crippen LogP contribution in [0.1, 0.15) is 6.42 Å². The summed E-state index contributed by atoms with van der Waals surface area (Å²) in [7, 11) is -1.34. The summed E-state index contributed by atoms with van der Waals surface area (Å²) in [5.74, 6) is 0.169. The van der Waals surface area contributed by atoms with Crippen LogP contribution < -0.4 is 9.21 Å². The topological polar surface area (TPSA) is 66.0 Å². The van der Waals surface area contributed by atoms with Gasteiger partial charge in [-0.25, -0.2) is 8.42 Å². The van der Waals surface area contributed by atoms with Gasteiger partial charge < -0.3 is 9.64 Å². The molecule has 0 radical (unpaired) electrons. The molecule has 1 aromatic heterocycles. The third-order valence-corrected chi connectivity index (χ3v) is 6.27. The zero-order valence-corrected chi connectivity index (χ0v) is 14.3. The van der Waals surface area contributed by atoms with E-state index in [-0.39, 0.29) is 5.75 Å². The molecule has 1 saturated heterocycles. The number of anilines is 2. The van der Waals surface area contributed by atoms with Crippen LogP contribution in [0.15, 0.2) is 18.5 Å². The van der Waals surface area contributed by atoms with Crippen LogP contribution in [0, 0.1) is 0 Å². The van der Waals surface area contributed by atoms with Crippen molar-refractivity contribution >= 4 is 21.4 Å². The second-order valence-electron chi connectivity index (χ2n) is 5.98. The molecule has 0 N–H and O–H groups in total. The minimum Gasteiger partial charge on any atom is -0.379 e. The third kappa shape index (κ3) is 3.76. The van der Waals surface area contributed by atoms with Crippen LogP contribution in [-0.2, 0) is 14.8 Å². The molecule has 2 aliphatic heterocycles. The standard InChI is InChI=1S/C15H24N4O3S/c1-17-6-7-19(15-13-16-4-3-14(15)17)23(20,21)12-2-5-18-8-10-22-11-9-18/h3-4,13H,2,5-12H2,1H3. The van der Waals surface area contributed by atoms with E-state index in [1.165, 1.54) is 4.31 Å². The van der Waals surface area contributed by atoms with Crippen molar-refractivity contribution < 1.29 is 13.2 Å². The number of fused-ring (bicyclic) bond motifs is 1. The van der Waals surface area contributed by atoms with E-state index >= 15 is 0 Å². The highest BCUT2D eigenvalue weighted by atomic mass is 32.2. The maximum atomic E-state index is 12.7. The van der Waals surface area contributed by atoms with Crippen molar-refractivity contribution in [3.8, 4) is 0 Å². The minimum absolute atomic E-state index is 0.169. The van der Waals surface area contributed by atoms with Gasteiger partial charge in [0.15, 0.2) is 0 Å². The summed E-state index contributed by atoms with van der Waals surface area (Å²) >= 11 is 0. The number of hydrogen-bond acceptors (Lipinski definition) is 6. The van der Waals surface area contributed by atoms with Crippen LogP contribution in [-0.4, -0.2) is 77.0 Å². The largest absolute Gasteiger partial charge is 0.379 e. The Labute approximate surface area is 137 Å². The molecule has 0 atom stereocenters. The van der Waals surface area contributed by atoms with Gasteiger partial charge in [0, 0.05) is 32.9 Å². The van der Waals surface area contributed by atoms with Crippen molar-refractivity contribution in [1.29, 1.82) is 0 Å². The first-order valence-corrected chi connectivity index (χ1v) is 9.64. The Bertz CT molecular complexity index is 631. The maximum absolute atomic E-state index is 12.7. The lowest BCUT2D eigenvalue weighted by molar-refractivity contribution is 0.0381. The number of sulfonamides is 1. The van der Waals surface area contributed by atoms with Crippen molar-refractivity contribution in [3.05, 3.63) is 18.5 Å². The quantitative estimate of drug-likeness (QED) is 0.773. The molecule has 3 heterocycles. The fourth-order valence-corrected chi connectivity index (χ4v) is 4.58. The normalized spacial score (nSPS) is 19.7. The number of aromatic nitrogens is 1. The molecule has 0 amide bonds. The number of ether oxygens (including phenoxy) is 1. The fourth-order valence-electron chi connectivity index (χ4n) is 3.07. The molecule has 0 spiro atoms. The van der Waals surface area contributed by atoms with E-state index in [1.807, 2.05) is 13.1 Å². The predicted octanol–water partition coefficient (Wildman–Crippen LogP) is 0.390. The Balaban J connectivity index is 1.64. The lowest BCUT2D eigenvalue weighted by Crippen LogP contribution is -2.44. The van der Waals surface area contributed by atoms with Gasteiger partial charge in [0.1, 0.15) is 0 Å². The monoisotopic (exact) mass is 340 g/mol. The van der Waals surface area contributed by atoms with Gasteiger partial charge in [0.25, 0.3) is 0 Å². The number of nitrogens with zero attached hydrogens (tertiary/aromatic N) is 4. The lowest BCUT2D eigenvalue weighted by Gasteiger charge is -2.35. The van der Waals surface area contributed by atoms with E-state index < -0.39 is 10.0 Å². The molecule has 3 rings (SSSR count). The summed E-state index contributed by atoms with van der Waals surface area (Å²) in [4.78, 5) is 8.42. The summed E-state index contributed by atoms with van der Waals surface area (Å²) in [6, 6.07) is 1.87. The Morgan fingerprint density at radius 3 is 2.74 bits per heavy atom. The predicted molar refractivity (Wildman–Crippen MR) is 90.5 cm³/mol. The van der Waals surface area contributed by atoms with Crippen LogP contribution in [0.2, 0.25) is 0 Å². The van der Waals surface area contributed by atoms with Crippen LogP contribution in [0.4, 0.5) is 11.4 Å². The molecule has 0 bridgehead atoms. The van der Waals surface area contributed by atoms with E-state index in [0.29, 0.717) is 25.2 Å². The minimum atomic E-state index is -3.31. The summed E-state index contributed by atoms with van der Waals surface area (Å²) in [5, 5.41) is 0. The Kier molecular flexibility index (Phi) is 5.03. The third-order valence-electron chi connectivity index (χ3n) is 4.41. The van der Waals surface area contributed by atoms with Crippen LogP contribution in [0.5, 0.6) is 0 Å². The summed E-state index contributed by atoms with van der Waals surface area (Å²) in [6.07, 6.45) is 3.98. The molecule has 8 heteroatoms. The van der Waals surface area contributed by atoms with Crippen molar-refractivity contribution in [2.24, 2.45) is 0 Å². The SMILES string of the molecule is CN1CCN(S(=O)(=O)CCCN2CCOCC2)c2cnccc21. The van der Waals surface area contributed by atoms with Crippen molar-refractivity contribution in [2.45, 2.75) is 6.42 Å². The molecular weight excluding hydrogens is 316 g/mol. The molecule has 0 saturated carbocycles. The van der Waals surface area contributed by atoms with E-state index in [4.69, 9.17) is 4.74 Å². The first-order valence-electron chi connectivity index (χ1n) is 8.03. The van der Waals surface area contributed by atoms with Gasteiger partial charge in [-0.1, -0.05) is 0 Å². The highest BCUT2D eigenvalue weighted by Gasteiger charge is 2.29. The highest BCUT2D eigenvalue weighted by Crippen LogP contribution is 2.32. The van der Waals surface area contributed by atoms with Crippen LogP contribution >= 0.6 is 0 Å². The second-order valence-corrected chi connectivity index (χ2v) is 7.99. The Morgan fingerprint density at radius 2 is 1.96 bits per heavy atom. The van der Waals surface area contributed by atoms with Crippen molar-refractivity contribution in [3.63, 3.8) is 0 Å². The summed E-state index contributed by atoms with van der Waals surface area (Å²) in [5.41, 5.74) is 1.61. The average molecular weight is 340 g/mol. The van der Waals surface area contributed by atoms with Gasteiger partial charge in [0.2, 0.25) is 10.0 Å². The average Bonchev–Trinajstić information content (AvgIpc) is 2.56. The molecular formula is C15H24N4O3S. The molecule has 128 valence electrons. The van der Waals surface area contributed by atoms with E-state index in [0.717, 1.165) is 38.5 Å². The summed E-state index contributed by atoms with van der Waals surface area (Å²) < 4.78 is 32.3. The number of rotatable bonds is 5. The van der Waals surface area contributed by atoms with Crippen LogP contribution in [0.3, 0.4) is 0 Å². The van der Waals surface area contributed by atoms with Crippen LogP contribution in [0.25, 0.3) is 0 Å². The summed E-state index contributed by atoms with van der Waals surface area (Å²) in [6.45, 7) is 5.24.